The van der Waals surface area contributed by atoms with Crippen molar-refractivity contribution in [1.29, 1.82) is 0 Å². The maximum atomic E-state index is 13.0. The number of carbonyl (C=O) groups is 3. The topological polar surface area (TPSA) is 111 Å². The number of rotatable bonds is 66. The molecule has 532 valence electrons. The Morgan fingerprint density at radius 1 is 0.316 bits per heavy atom. The highest BCUT2D eigenvalue weighted by atomic mass is 16.7. The average molecular weight is 1310 g/mol. The van der Waals surface area contributed by atoms with E-state index < -0.39 is 24.3 Å². The highest BCUT2D eigenvalue weighted by Crippen LogP contribution is 2.15. The van der Waals surface area contributed by atoms with E-state index in [-0.39, 0.29) is 38.6 Å². The van der Waals surface area contributed by atoms with E-state index in [2.05, 4.69) is 220 Å². The SMILES string of the molecule is CC/C=C\C/C=C\C/C=C\C/C=C\C/C=C\C/C=C\C/C=C\C/C=C\C/C=C\CCCCCCCCCC(=O)OC(COC(=O)CCCCCCCCCCCC/C=C\C/C=C\C/C=C\C/C=C\C/C=C\C/C=C\C/C=C\C/C=C\CC)COC(OCC[N+](C)(C)C)C(=O)[O-]. The van der Waals surface area contributed by atoms with Gasteiger partial charge in [-0.15, -0.1) is 0 Å². The van der Waals surface area contributed by atoms with Crippen LogP contribution in [0, 0.1) is 0 Å². The van der Waals surface area contributed by atoms with Crippen LogP contribution in [0.15, 0.2) is 207 Å². The maximum absolute atomic E-state index is 13.0. The number of aliphatic carboxylic acids is 1. The number of carbonyl (C=O) groups excluding carboxylic acids is 3. The van der Waals surface area contributed by atoms with Gasteiger partial charge in [0, 0.05) is 12.8 Å². The first-order chi connectivity index (χ1) is 46.6. The van der Waals surface area contributed by atoms with Crippen molar-refractivity contribution in [2.24, 2.45) is 0 Å². The molecule has 0 heterocycles. The van der Waals surface area contributed by atoms with Gasteiger partial charge in [-0.2, -0.15) is 0 Å². The van der Waals surface area contributed by atoms with Crippen LogP contribution in [-0.2, 0) is 33.3 Å². The predicted molar refractivity (Wildman–Crippen MR) is 407 cm³/mol. The molecule has 0 radical (unpaired) electrons. The summed E-state index contributed by atoms with van der Waals surface area (Å²) in [4.78, 5) is 37.6. The molecule has 0 aromatic rings. The van der Waals surface area contributed by atoms with E-state index in [0.29, 0.717) is 17.4 Å². The molecule has 0 aliphatic carbocycles. The fraction of sp³-hybridized carbons (Fsp3) is 0.570. The van der Waals surface area contributed by atoms with Gasteiger partial charge < -0.3 is 33.3 Å². The molecule has 0 aliphatic rings. The minimum atomic E-state index is -1.64. The van der Waals surface area contributed by atoms with Crippen LogP contribution < -0.4 is 5.11 Å². The van der Waals surface area contributed by atoms with Gasteiger partial charge in [-0.1, -0.05) is 304 Å². The number of quaternary nitrogens is 1. The molecule has 0 spiro atoms. The molecule has 0 rings (SSSR count). The highest BCUT2D eigenvalue weighted by Gasteiger charge is 2.22. The standard InChI is InChI=1S/C86H135NO8/c1-6-8-10-12-14-16-18-20-22-24-26-28-30-32-34-36-38-40-42-44-46-48-50-52-54-56-58-60-62-64-66-68-70-72-74-76-83(88)93-80-82(81-94-86(85(90)91)92-79-78-87(3,4)5)95-84(89)77-75-73-71-69-67-65-63-61-59-57-55-53-51-49-47-45-43-41-39-37-35-33-31-29-27-25-23-21-19-17-15-13-11-9-7-2/h8-11,14-17,20-23,26-29,32-35,38-41,44-47,50-53,57,59,82,86H,6-7,12-13,18-19,24-25,30-31,36-37,42-43,48-49,54-56,58,60-81H2,1-5H3/b10-8-,11-9-,16-14-,17-15-,22-20-,23-21-,28-26-,29-27-,34-32-,35-33-,40-38-,41-39-,46-44-,47-45-,52-50-,53-51-,59-57-. The molecular formula is C86H135NO8. The zero-order chi connectivity index (χ0) is 69.0. The first-order valence-corrected chi connectivity index (χ1v) is 37.2. The van der Waals surface area contributed by atoms with Crippen molar-refractivity contribution >= 4 is 17.9 Å². The lowest BCUT2D eigenvalue weighted by Crippen LogP contribution is -2.44. The Bertz CT molecular complexity index is 2320. The first-order valence-electron chi connectivity index (χ1n) is 37.2. The molecule has 0 N–H and O–H groups in total. The van der Waals surface area contributed by atoms with Crippen LogP contribution in [0.2, 0.25) is 0 Å². The quantitative estimate of drug-likeness (QED) is 0.0195. The molecule has 0 fully saturated rings. The third-order valence-corrected chi connectivity index (χ3v) is 15.0. The van der Waals surface area contributed by atoms with Crippen LogP contribution in [0.3, 0.4) is 0 Å². The van der Waals surface area contributed by atoms with Crippen LogP contribution in [0.5, 0.6) is 0 Å². The summed E-state index contributed by atoms with van der Waals surface area (Å²) in [5, 5.41) is 11.8. The van der Waals surface area contributed by atoms with Crippen molar-refractivity contribution in [3.63, 3.8) is 0 Å². The van der Waals surface area contributed by atoms with Crippen molar-refractivity contribution in [2.45, 2.75) is 270 Å². The zero-order valence-corrected chi connectivity index (χ0v) is 60.7. The van der Waals surface area contributed by atoms with Crippen LogP contribution in [0.4, 0.5) is 0 Å². The third kappa shape index (κ3) is 75.1. The third-order valence-electron chi connectivity index (χ3n) is 15.0. The molecular weight excluding hydrogens is 1170 g/mol. The summed E-state index contributed by atoms with van der Waals surface area (Å²) in [5.74, 6) is -2.32. The smallest absolute Gasteiger partial charge is 0.306 e. The van der Waals surface area contributed by atoms with Crippen molar-refractivity contribution in [3.8, 4) is 0 Å². The monoisotopic (exact) mass is 1310 g/mol. The van der Waals surface area contributed by atoms with E-state index in [0.717, 1.165) is 173 Å². The number of unbranched alkanes of at least 4 members (excludes halogenated alkanes) is 17. The molecule has 2 unspecified atom stereocenters. The summed E-state index contributed by atoms with van der Waals surface area (Å²) in [6.07, 6.45) is 112. The van der Waals surface area contributed by atoms with Gasteiger partial charge in [0.25, 0.3) is 0 Å². The number of allylic oxidation sites excluding steroid dienone is 34. The summed E-state index contributed by atoms with van der Waals surface area (Å²) in [7, 11) is 5.91. The second-order valence-electron chi connectivity index (χ2n) is 25.1. The summed E-state index contributed by atoms with van der Waals surface area (Å²) >= 11 is 0. The van der Waals surface area contributed by atoms with Gasteiger partial charge in [0.1, 0.15) is 13.2 Å². The average Bonchev–Trinajstić information content (AvgIpc) is 3.58. The molecule has 0 amide bonds. The Morgan fingerprint density at radius 3 is 0.842 bits per heavy atom. The van der Waals surface area contributed by atoms with Crippen molar-refractivity contribution in [1.82, 2.24) is 0 Å². The normalized spacial score (nSPS) is 13.9. The summed E-state index contributed by atoms with van der Waals surface area (Å²) < 4.78 is 22.8. The highest BCUT2D eigenvalue weighted by molar-refractivity contribution is 5.70. The van der Waals surface area contributed by atoms with E-state index in [9.17, 15) is 19.5 Å². The summed E-state index contributed by atoms with van der Waals surface area (Å²) in [5.41, 5.74) is 0. The molecule has 0 bridgehead atoms. The number of nitrogens with zero attached hydrogens (tertiary/aromatic N) is 1. The number of ether oxygens (including phenoxy) is 4. The van der Waals surface area contributed by atoms with E-state index in [1.54, 1.807) is 0 Å². The van der Waals surface area contributed by atoms with E-state index >= 15 is 0 Å². The lowest BCUT2D eigenvalue weighted by molar-refractivity contribution is -0.870. The fourth-order valence-electron chi connectivity index (χ4n) is 9.43. The summed E-state index contributed by atoms with van der Waals surface area (Å²) in [6, 6.07) is 0. The van der Waals surface area contributed by atoms with Crippen molar-refractivity contribution < 1.29 is 42.9 Å². The van der Waals surface area contributed by atoms with Gasteiger partial charge >= 0.3 is 11.9 Å². The van der Waals surface area contributed by atoms with Crippen LogP contribution in [-0.4, -0.2) is 82.3 Å². The zero-order valence-electron chi connectivity index (χ0n) is 60.7. The van der Waals surface area contributed by atoms with E-state index in [1.165, 1.54) is 51.4 Å². The van der Waals surface area contributed by atoms with Crippen molar-refractivity contribution in [3.05, 3.63) is 207 Å². The molecule has 95 heavy (non-hydrogen) atoms. The van der Waals surface area contributed by atoms with Gasteiger partial charge in [0.05, 0.1) is 40.3 Å². The second-order valence-corrected chi connectivity index (χ2v) is 25.1. The Labute approximate surface area is 582 Å². The molecule has 0 aromatic carbocycles. The Balaban J connectivity index is 4.21. The Hall–Kier alpha value is -6.13. The first kappa shape index (κ1) is 88.9. The van der Waals surface area contributed by atoms with E-state index in [4.69, 9.17) is 18.9 Å². The molecule has 2 atom stereocenters. The molecule has 0 aliphatic heterocycles. The minimum Gasteiger partial charge on any atom is -0.545 e. The van der Waals surface area contributed by atoms with Gasteiger partial charge in [-0.05, 0) is 148 Å². The van der Waals surface area contributed by atoms with Crippen LogP contribution in [0.25, 0.3) is 0 Å². The maximum Gasteiger partial charge on any atom is 0.306 e. The fourth-order valence-corrected chi connectivity index (χ4v) is 9.43. The predicted octanol–water partition coefficient (Wildman–Crippen LogP) is 22.6. The lowest BCUT2D eigenvalue weighted by atomic mass is 10.1. The van der Waals surface area contributed by atoms with E-state index in [1.807, 2.05) is 21.1 Å². The van der Waals surface area contributed by atoms with Gasteiger partial charge in [-0.25, -0.2) is 0 Å². The molecule has 0 saturated heterocycles. The number of likely N-dealkylation sites (N-methyl/N-ethyl adjacent to an activating group) is 1. The number of esters is 2. The van der Waals surface area contributed by atoms with Gasteiger partial charge in [-0.3, -0.25) is 9.59 Å². The molecule has 0 saturated carbocycles. The van der Waals surface area contributed by atoms with Gasteiger partial charge in [0.15, 0.2) is 12.4 Å². The minimum absolute atomic E-state index is 0.133. The van der Waals surface area contributed by atoms with Crippen molar-refractivity contribution in [2.75, 3.05) is 47.5 Å². The molecule has 9 nitrogen and oxygen atoms in total. The lowest BCUT2D eigenvalue weighted by Gasteiger charge is -2.26. The Morgan fingerprint density at radius 2 is 0.568 bits per heavy atom. The number of carboxylic acids is 1. The number of hydrogen-bond acceptors (Lipinski definition) is 8. The number of carboxylic acid groups (broad SMARTS) is 1. The van der Waals surface area contributed by atoms with Crippen LogP contribution >= 0.6 is 0 Å². The Kier molecular flexibility index (Phi) is 68.9. The summed E-state index contributed by atoms with van der Waals surface area (Å²) in [6.45, 7) is 4.48. The van der Waals surface area contributed by atoms with Gasteiger partial charge in [0.2, 0.25) is 0 Å². The molecule has 0 aromatic heterocycles. The van der Waals surface area contributed by atoms with Crippen LogP contribution in [0.1, 0.15) is 258 Å². The molecule has 9 heteroatoms. The number of hydrogen-bond donors (Lipinski definition) is 0. The largest absolute Gasteiger partial charge is 0.545 e. The second kappa shape index (κ2) is 73.7.